The number of halogens is 1. The highest BCUT2D eigenvalue weighted by atomic mass is 35.5. The fourth-order valence-corrected chi connectivity index (χ4v) is 2.57. The van der Waals surface area contributed by atoms with E-state index < -0.39 is 18.0 Å². The number of esters is 1. The van der Waals surface area contributed by atoms with E-state index in [-0.39, 0.29) is 0 Å². The highest BCUT2D eigenvalue weighted by Gasteiger charge is 2.22. The van der Waals surface area contributed by atoms with Crippen LogP contribution in [0, 0.1) is 0 Å². The van der Waals surface area contributed by atoms with Gasteiger partial charge in [-0.15, -0.1) is 0 Å². The molecule has 7 heteroatoms. The van der Waals surface area contributed by atoms with E-state index >= 15 is 0 Å². The number of ether oxygens (including phenoxy) is 1. The lowest BCUT2D eigenvalue weighted by atomic mass is 10.2. The molecule has 0 bridgehead atoms. The molecule has 0 aliphatic rings. The third-order valence-corrected chi connectivity index (χ3v) is 3.97. The molecule has 1 amide bonds. The number of fused-ring (bicyclic) bond motifs is 1. The van der Waals surface area contributed by atoms with Crippen molar-refractivity contribution in [3.05, 3.63) is 59.4 Å². The van der Waals surface area contributed by atoms with Crippen molar-refractivity contribution in [3.63, 3.8) is 0 Å². The van der Waals surface area contributed by atoms with E-state index in [9.17, 15) is 9.59 Å². The summed E-state index contributed by atoms with van der Waals surface area (Å²) in [5.41, 5.74) is 1.33. The predicted octanol–water partition coefficient (Wildman–Crippen LogP) is 3.41. The molecule has 2 aromatic heterocycles. The zero-order chi connectivity index (χ0) is 18.0. The third-order valence-electron chi connectivity index (χ3n) is 3.75. The summed E-state index contributed by atoms with van der Waals surface area (Å²) >= 11 is 5.75. The molecule has 0 saturated carbocycles. The van der Waals surface area contributed by atoms with Crippen molar-refractivity contribution in [3.8, 4) is 0 Å². The highest BCUT2D eigenvalue weighted by molar-refractivity contribution is 6.30. The quantitative estimate of drug-likeness (QED) is 0.726. The first kappa shape index (κ1) is 17.0. The predicted molar refractivity (Wildman–Crippen MR) is 95.7 cm³/mol. The molecular formula is C18H16ClN3O3. The van der Waals surface area contributed by atoms with E-state index in [2.05, 4.69) is 10.3 Å². The van der Waals surface area contributed by atoms with Crippen molar-refractivity contribution in [1.82, 2.24) is 9.55 Å². The highest BCUT2D eigenvalue weighted by Crippen LogP contribution is 2.21. The van der Waals surface area contributed by atoms with E-state index in [4.69, 9.17) is 16.3 Å². The van der Waals surface area contributed by atoms with Crippen LogP contribution in [0.15, 0.2) is 48.8 Å². The van der Waals surface area contributed by atoms with Crippen molar-refractivity contribution in [2.24, 2.45) is 7.05 Å². The molecule has 3 aromatic rings. The molecule has 2 heterocycles. The molecule has 1 aromatic carbocycles. The molecule has 0 saturated heterocycles. The zero-order valence-corrected chi connectivity index (χ0v) is 14.4. The van der Waals surface area contributed by atoms with Crippen LogP contribution in [-0.4, -0.2) is 27.5 Å². The van der Waals surface area contributed by atoms with Gasteiger partial charge in [0.1, 0.15) is 5.82 Å². The van der Waals surface area contributed by atoms with Crippen LogP contribution < -0.4 is 5.32 Å². The van der Waals surface area contributed by atoms with E-state index in [1.54, 1.807) is 18.3 Å². The van der Waals surface area contributed by atoms with Gasteiger partial charge in [0.25, 0.3) is 5.91 Å². The maximum absolute atomic E-state index is 12.4. The molecule has 0 aliphatic heterocycles. The Kier molecular flexibility index (Phi) is 4.72. The Bertz CT molecular complexity index is 934. The third kappa shape index (κ3) is 3.64. The monoisotopic (exact) mass is 357 g/mol. The van der Waals surface area contributed by atoms with Crippen LogP contribution in [0.1, 0.15) is 17.3 Å². The van der Waals surface area contributed by atoms with Gasteiger partial charge < -0.3 is 14.6 Å². The van der Waals surface area contributed by atoms with Crippen molar-refractivity contribution in [2.45, 2.75) is 13.0 Å². The van der Waals surface area contributed by atoms with Crippen molar-refractivity contribution >= 4 is 40.2 Å². The summed E-state index contributed by atoms with van der Waals surface area (Å²) in [4.78, 5) is 28.6. The van der Waals surface area contributed by atoms with E-state index in [1.807, 2.05) is 35.9 Å². The fraction of sp³-hybridized carbons (Fsp3) is 0.167. The van der Waals surface area contributed by atoms with Gasteiger partial charge in [-0.2, -0.15) is 0 Å². The number of pyridine rings is 1. The second-order valence-corrected chi connectivity index (χ2v) is 6.01. The summed E-state index contributed by atoms with van der Waals surface area (Å²) in [6, 6.07) is 10.7. The Morgan fingerprint density at radius 3 is 2.72 bits per heavy atom. The average molecular weight is 358 g/mol. The first-order valence-corrected chi connectivity index (χ1v) is 8.01. The maximum atomic E-state index is 12.4. The SMILES string of the molecule is CC(OC(=O)c1cn(C)c2ccccc12)C(=O)Nc1ccc(Cl)cn1. The minimum Gasteiger partial charge on any atom is -0.449 e. The van der Waals surface area contributed by atoms with Crippen molar-refractivity contribution in [2.75, 3.05) is 5.32 Å². The van der Waals surface area contributed by atoms with Gasteiger partial charge in [0.2, 0.25) is 0 Å². The molecule has 0 radical (unpaired) electrons. The largest absolute Gasteiger partial charge is 0.449 e. The molecule has 1 unspecified atom stereocenters. The molecule has 3 rings (SSSR count). The zero-order valence-electron chi connectivity index (χ0n) is 13.7. The number of carbonyl (C=O) groups is 2. The first-order valence-electron chi connectivity index (χ1n) is 7.63. The number of nitrogens with one attached hydrogen (secondary N) is 1. The minimum atomic E-state index is -0.969. The number of amides is 1. The fourth-order valence-electron chi connectivity index (χ4n) is 2.46. The normalized spacial score (nSPS) is 12.0. The van der Waals surface area contributed by atoms with Crippen LogP contribution in [0.2, 0.25) is 5.02 Å². The standard InChI is InChI=1S/C18H16ClN3O3/c1-11(17(23)21-16-8-7-12(19)9-20-16)25-18(24)14-10-22(2)15-6-4-3-5-13(14)15/h3-11H,1-2H3,(H,20,21,23). The molecule has 128 valence electrons. The Hall–Kier alpha value is -2.86. The summed E-state index contributed by atoms with van der Waals surface area (Å²) in [5.74, 6) is -0.686. The van der Waals surface area contributed by atoms with E-state index in [1.165, 1.54) is 13.1 Å². The molecule has 1 N–H and O–H groups in total. The Balaban J connectivity index is 1.71. The Morgan fingerprint density at radius 1 is 1.24 bits per heavy atom. The molecule has 6 nitrogen and oxygen atoms in total. The number of nitrogens with zero attached hydrogens (tertiary/aromatic N) is 2. The molecule has 1 atom stereocenters. The number of hydrogen-bond acceptors (Lipinski definition) is 4. The van der Waals surface area contributed by atoms with Crippen LogP contribution in [0.5, 0.6) is 0 Å². The van der Waals surface area contributed by atoms with E-state index in [0.29, 0.717) is 16.4 Å². The molecule has 0 aliphatic carbocycles. The number of hydrogen-bond donors (Lipinski definition) is 1. The lowest BCUT2D eigenvalue weighted by molar-refractivity contribution is -0.123. The van der Waals surface area contributed by atoms with Gasteiger partial charge in [-0.25, -0.2) is 9.78 Å². The topological polar surface area (TPSA) is 73.2 Å². The van der Waals surface area contributed by atoms with Crippen LogP contribution in [0.4, 0.5) is 5.82 Å². The second kappa shape index (κ2) is 6.94. The van der Waals surface area contributed by atoms with Crippen molar-refractivity contribution < 1.29 is 14.3 Å². The lowest BCUT2D eigenvalue weighted by Gasteiger charge is -2.12. The Morgan fingerprint density at radius 2 is 2.00 bits per heavy atom. The van der Waals surface area contributed by atoms with Gasteiger partial charge >= 0.3 is 5.97 Å². The number of para-hydroxylation sites is 1. The van der Waals surface area contributed by atoms with Gasteiger partial charge in [0.05, 0.1) is 10.6 Å². The second-order valence-electron chi connectivity index (χ2n) is 5.57. The average Bonchev–Trinajstić information content (AvgIpc) is 2.94. The first-order chi connectivity index (χ1) is 12.0. The lowest BCUT2D eigenvalue weighted by Crippen LogP contribution is -2.30. The number of aromatic nitrogens is 2. The maximum Gasteiger partial charge on any atom is 0.341 e. The number of rotatable bonds is 4. The molecular weight excluding hydrogens is 342 g/mol. The summed E-state index contributed by atoms with van der Waals surface area (Å²) in [7, 11) is 1.85. The van der Waals surface area contributed by atoms with Crippen LogP contribution in [-0.2, 0) is 16.6 Å². The van der Waals surface area contributed by atoms with Gasteiger partial charge in [-0.05, 0) is 25.1 Å². The van der Waals surface area contributed by atoms with Gasteiger partial charge in [0.15, 0.2) is 6.10 Å². The smallest absolute Gasteiger partial charge is 0.341 e. The van der Waals surface area contributed by atoms with Crippen LogP contribution in [0.25, 0.3) is 10.9 Å². The minimum absolute atomic E-state index is 0.336. The van der Waals surface area contributed by atoms with Crippen LogP contribution >= 0.6 is 11.6 Å². The van der Waals surface area contributed by atoms with Gasteiger partial charge in [-0.3, -0.25) is 4.79 Å². The summed E-state index contributed by atoms with van der Waals surface area (Å²) in [5, 5.41) is 3.82. The summed E-state index contributed by atoms with van der Waals surface area (Å²) in [6.07, 6.45) is 2.14. The molecule has 25 heavy (non-hydrogen) atoms. The number of anilines is 1. The van der Waals surface area contributed by atoms with Gasteiger partial charge in [-0.1, -0.05) is 29.8 Å². The van der Waals surface area contributed by atoms with Gasteiger partial charge in [0, 0.05) is 30.3 Å². The van der Waals surface area contributed by atoms with Crippen LogP contribution in [0.3, 0.4) is 0 Å². The number of aryl methyl sites for hydroxylation is 1. The number of carbonyl (C=O) groups excluding carboxylic acids is 2. The molecule has 0 fully saturated rings. The Labute approximate surface area is 149 Å². The summed E-state index contributed by atoms with van der Waals surface area (Å²) < 4.78 is 7.14. The molecule has 0 spiro atoms. The number of benzene rings is 1. The van der Waals surface area contributed by atoms with Crippen molar-refractivity contribution in [1.29, 1.82) is 0 Å². The van der Waals surface area contributed by atoms with E-state index in [0.717, 1.165) is 10.9 Å². The summed E-state index contributed by atoms with van der Waals surface area (Å²) in [6.45, 7) is 1.51.